The molecule has 0 atom stereocenters. The summed E-state index contributed by atoms with van der Waals surface area (Å²) in [5.74, 6) is -0.0154. The van der Waals surface area contributed by atoms with Crippen LogP contribution in [0.2, 0.25) is 0 Å². The van der Waals surface area contributed by atoms with Crippen LogP contribution in [-0.2, 0) is 0 Å². The van der Waals surface area contributed by atoms with E-state index in [0.29, 0.717) is 12.1 Å². The Kier molecular flexibility index (Phi) is 8.13. The third-order valence-corrected chi connectivity index (χ3v) is 5.12. The number of piperidine rings is 1. The summed E-state index contributed by atoms with van der Waals surface area (Å²) in [7, 11) is 0. The van der Waals surface area contributed by atoms with Gasteiger partial charge in [0, 0.05) is 22.1 Å². The van der Waals surface area contributed by atoms with Gasteiger partial charge in [0.1, 0.15) is 0 Å². The van der Waals surface area contributed by atoms with Gasteiger partial charge < -0.3 is 10.6 Å². The standard InChI is InChI=1S/C18H22BrN3O.2ClH/c1-12-9-15(14-10-13(19)3-4-16(14)22-12)17(23)21-11-18(2)5-7-20-8-6-18;;/h3-4,9-10,20H,5-8,11H2,1-2H3,(H,21,23);2*1H. The van der Waals surface area contributed by atoms with E-state index in [1.165, 1.54) is 0 Å². The number of hydrogen-bond donors (Lipinski definition) is 2. The Labute approximate surface area is 169 Å². The van der Waals surface area contributed by atoms with E-state index in [1.54, 1.807) is 0 Å². The SMILES string of the molecule is Cc1cc(C(=O)NCC2(C)CCNCC2)c2cc(Br)ccc2n1.Cl.Cl. The quantitative estimate of drug-likeness (QED) is 0.737. The van der Waals surface area contributed by atoms with Crippen LogP contribution in [0.1, 0.15) is 35.8 Å². The summed E-state index contributed by atoms with van der Waals surface area (Å²) in [4.78, 5) is 17.3. The van der Waals surface area contributed by atoms with E-state index in [-0.39, 0.29) is 36.1 Å². The van der Waals surface area contributed by atoms with E-state index in [1.807, 2.05) is 31.2 Å². The zero-order valence-corrected chi connectivity index (χ0v) is 17.6. The second kappa shape index (κ2) is 9.17. The van der Waals surface area contributed by atoms with E-state index in [0.717, 1.165) is 47.0 Å². The van der Waals surface area contributed by atoms with Gasteiger partial charge in [-0.2, -0.15) is 0 Å². The van der Waals surface area contributed by atoms with Gasteiger partial charge in [0.25, 0.3) is 5.91 Å². The Morgan fingerprint density at radius 1 is 1.28 bits per heavy atom. The minimum atomic E-state index is -0.0154. The van der Waals surface area contributed by atoms with Gasteiger partial charge >= 0.3 is 0 Å². The van der Waals surface area contributed by atoms with Gasteiger partial charge in [-0.3, -0.25) is 9.78 Å². The molecule has 1 saturated heterocycles. The zero-order chi connectivity index (χ0) is 16.4. The topological polar surface area (TPSA) is 54.0 Å². The number of halogens is 3. The van der Waals surface area contributed by atoms with Gasteiger partial charge in [-0.1, -0.05) is 22.9 Å². The molecule has 1 aliphatic heterocycles. The minimum Gasteiger partial charge on any atom is -0.351 e. The molecule has 2 N–H and O–H groups in total. The van der Waals surface area contributed by atoms with Gasteiger partial charge in [-0.05, 0) is 62.5 Å². The van der Waals surface area contributed by atoms with Crippen LogP contribution in [0.25, 0.3) is 10.9 Å². The van der Waals surface area contributed by atoms with E-state index >= 15 is 0 Å². The Balaban J connectivity index is 0.00000156. The van der Waals surface area contributed by atoms with E-state index in [2.05, 4.69) is 38.5 Å². The summed E-state index contributed by atoms with van der Waals surface area (Å²) in [5, 5.41) is 7.40. The third kappa shape index (κ3) is 5.30. The number of fused-ring (bicyclic) bond motifs is 1. The van der Waals surface area contributed by atoms with Crippen LogP contribution < -0.4 is 10.6 Å². The van der Waals surface area contributed by atoms with Gasteiger partial charge in [0.2, 0.25) is 0 Å². The number of pyridine rings is 1. The normalized spacial score (nSPS) is 15.8. The first kappa shape index (κ1) is 22.2. The van der Waals surface area contributed by atoms with E-state index in [9.17, 15) is 4.79 Å². The largest absolute Gasteiger partial charge is 0.351 e. The molecule has 1 amide bonds. The molecule has 138 valence electrons. The lowest BCUT2D eigenvalue weighted by Gasteiger charge is -2.34. The predicted octanol–water partition coefficient (Wildman–Crippen LogP) is 4.27. The van der Waals surface area contributed by atoms with Crippen molar-refractivity contribution in [3.05, 3.63) is 40.0 Å². The first-order valence-electron chi connectivity index (χ1n) is 8.03. The summed E-state index contributed by atoms with van der Waals surface area (Å²) < 4.78 is 0.954. The summed E-state index contributed by atoms with van der Waals surface area (Å²) >= 11 is 3.48. The summed E-state index contributed by atoms with van der Waals surface area (Å²) in [5.41, 5.74) is 2.59. The van der Waals surface area contributed by atoms with Crippen molar-refractivity contribution < 1.29 is 4.79 Å². The van der Waals surface area contributed by atoms with Crippen LogP contribution in [0.3, 0.4) is 0 Å². The summed E-state index contributed by atoms with van der Waals surface area (Å²) in [6, 6.07) is 7.72. The fourth-order valence-corrected chi connectivity index (χ4v) is 3.48. The van der Waals surface area contributed by atoms with E-state index in [4.69, 9.17) is 0 Å². The Morgan fingerprint density at radius 2 is 1.96 bits per heavy atom. The van der Waals surface area contributed by atoms with Gasteiger partial charge in [-0.25, -0.2) is 0 Å². The fraction of sp³-hybridized carbons (Fsp3) is 0.444. The van der Waals surface area contributed by atoms with Crippen LogP contribution in [0.15, 0.2) is 28.7 Å². The van der Waals surface area contributed by atoms with Crippen LogP contribution in [0, 0.1) is 12.3 Å². The van der Waals surface area contributed by atoms with Crippen molar-refractivity contribution in [1.82, 2.24) is 15.6 Å². The summed E-state index contributed by atoms with van der Waals surface area (Å²) in [6.45, 7) is 6.94. The first-order chi connectivity index (χ1) is 11.0. The van der Waals surface area contributed by atoms with Crippen molar-refractivity contribution >= 4 is 57.6 Å². The van der Waals surface area contributed by atoms with E-state index < -0.39 is 0 Å². The lowest BCUT2D eigenvalue weighted by Crippen LogP contribution is -2.42. The molecule has 1 aromatic carbocycles. The molecule has 0 aliphatic carbocycles. The molecule has 4 nitrogen and oxygen atoms in total. The van der Waals surface area contributed by atoms with Crippen molar-refractivity contribution in [2.24, 2.45) is 5.41 Å². The molecular weight excluding hydrogens is 425 g/mol. The number of hydrogen-bond acceptors (Lipinski definition) is 3. The number of carbonyl (C=O) groups excluding carboxylic acids is 1. The average molecular weight is 449 g/mol. The smallest absolute Gasteiger partial charge is 0.252 e. The molecule has 0 unspecified atom stereocenters. The highest BCUT2D eigenvalue weighted by Crippen LogP contribution is 2.27. The zero-order valence-electron chi connectivity index (χ0n) is 14.4. The van der Waals surface area contributed by atoms with Gasteiger partial charge in [-0.15, -0.1) is 24.8 Å². The maximum absolute atomic E-state index is 12.7. The average Bonchev–Trinajstić information content (AvgIpc) is 2.53. The molecule has 7 heteroatoms. The molecule has 1 fully saturated rings. The number of aryl methyl sites for hydroxylation is 1. The monoisotopic (exact) mass is 447 g/mol. The lowest BCUT2D eigenvalue weighted by molar-refractivity contribution is 0.0924. The van der Waals surface area contributed by atoms with Crippen molar-refractivity contribution in [2.75, 3.05) is 19.6 Å². The van der Waals surface area contributed by atoms with Crippen LogP contribution >= 0.6 is 40.7 Å². The molecule has 25 heavy (non-hydrogen) atoms. The number of aromatic nitrogens is 1. The van der Waals surface area contributed by atoms with Gasteiger partial charge in [0.05, 0.1) is 11.1 Å². The Morgan fingerprint density at radius 3 is 2.64 bits per heavy atom. The second-order valence-corrected chi connectivity index (χ2v) is 7.63. The molecule has 0 bridgehead atoms. The predicted molar refractivity (Wildman–Crippen MR) is 111 cm³/mol. The van der Waals surface area contributed by atoms with Gasteiger partial charge in [0.15, 0.2) is 0 Å². The number of rotatable bonds is 3. The molecule has 2 aromatic rings. The highest BCUT2D eigenvalue weighted by Gasteiger charge is 2.27. The second-order valence-electron chi connectivity index (χ2n) is 6.72. The third-order valence-electron chi connectivity index (χ3n) is 4.63. The molecule has 2 heterocycles. The van der Waals surface area contributed by atoms with Crippen molar-refractivity contribution in [3.8, 4) is 0 Å². The summed E-state index contributed by atoms with van der Waals surface area (Å²) in [6.07, 6.45) is 2.18. The molecular formula is C18H24BrCl2N3O. The number of nitrogens with zero attached hydrogens (tertiary/aromatic N) is 1. The fourth-order valence-electron chi connectivity index (χ4n) is 3.11. The Hall–Kier alpha value is -0.880. The first-order valence-corrected chi connectivity index (χ1v) is 8.82. The molecule has 1 aromatic heterocycles. The maximum atomic E-state index is 12.7. The van der Waals surface area contributed by atoms with Crippen LogP contribution in [0.5, 0.6) is 0 Å². The van der Waals surface area contributed by atoms with Crippen LogP contribution in [0.4, 0.5) is 0 Å². The molecule has 3 rings (SSSR count). The maximum Gasteiger partial charge on any atom is 0.252 e. The van der Waals surface area contributed by atoms with Crippen molar-refractivity contribution in [1.29, 1.82) is 0 Å². The lowest BCUT2D eigenvalue weighted by atomic mass is 9.81. The number of amides is 1. The van der Waals surface area contributed by atoms with Crippen molar-refractivity contribution in [2.45, 2.75) is 26.7 Å². The number of nitrogens with one attached hydrogen (secondary N) is 2. The number of benzene rings is 1. The van der Waals surface area contributed by atoms with Crippen molar-refractivity contribution in [3.63, 3.8) is 0 Å². The number of carbonyl (C=O) groups is 1. The molecule has 1 aliphatic rings. The highest BCUT2D eigenvalue weighted by molar-refractivity contribution is 9.10. The molecule has 0 spiro atoms. The van der Waals surface area contributed by atoms with Crippen LogP contribution in [-0.4, -0.2) is 30.5 Å². The minimum absolute atomic E-state index is 0. The molecule has 0 radical (unpaired) electrons. The Bertz CT molecular complexity index is 748. The highest BCUT2D eigenvalue weighted by atomic mass is 79.9. The molecule has 0 saturated carbocycles.